The fourth-order valence-electron chi connectivity index (χ4n) is 2.75. The van der Waals surface area contributed by atoms with E-state index in [0.717, 1.165) is 12.8 Å². The van der Waals surface area contributed by atoms with Gasteiger partial charge in [0.05, 0.1) is 6.04 Å². The van der Waals surface area contributed by atoms with Crippen molar-refractivity contribution >= 4 is 23.1 Å². The average molecular weight is 334 g/mol. The Morgan fingerprint density at radius 2 is 2.22 bits per heavy atom. The molecule has 23 heavy (non-hydrogen) atoms. The second-order valence-corrected chi connectivity index (χ2v) is 5.81. The summed E-state index contributed by atoms with van der Waals surface area (Å²) in [6, 6.07) is 4.67. The molecular formula is C16H17ClFN5. The number of halogens is 2. The van der Waals surface area contributed by atoms with E-state index in [-0.39, 0.29) is 12.0 Å². The Morgan fingerprint density at radius 1 is 1.35 bits per heavy atom. The first-order valence-electron chi connectivity index (χ1n) is 7.58. The molecule has 2 unspecified atom stereocenters. The summed E-state index contributed by atoms with van der Waals surface area (Å²) in [6.07, 6.45) is 6.96. The van der Waals surface area contributed by atoms with E-state index in [2.05, 4.69) is 26.9 Å². The Labute approximate surface area is 139 Å². The molecule has 3 heterocycles. The zero-order valence-electron chi connectivity index (χ0n) is 12.7. The normalized spacial score (nSPS) is 20.6. The van der Waals surface area contributed by atoms with Crippen LogP contribution in [0.5, 0.6) is 0 Å². The van der Waals surface area contributed by atoms with Crippen molar-refractivity contribution in [1.82, 2.24) is 14.5 Å². The summed E-state index contributed by atoms with van der Waals surface area (Å²) in [6.45, 7) is 2.71. The molecule has 0 saturated heterocycles. The number of aliphatic imine (C=N–C) groups is 2. The van der Waals surface area contributed by atoms with Crippen LogP contribution in [0.15, 0.2) is 40.6 Å². The minimum atomic E-state index is -0.522. The van der Waals surface area contributed by atoms with Gasteiger partial charge in [-0.3, -0.25) is 4.99 Å². The highest BCUT2D eigenvalue weighted by Gasteiger charge is 2.27. The largest absolute Gasteiger partial charge is 0.328 e. The van der Waals surface area contributed by atoms with Crippen LogP contribution in [-0.2, 0) is 6.54 Å². The Balaban J connectivity index is 1.85. The van der Waals surface area contributed by atoms with E-state index in [1.807, 2.05) is 10.8 Å². The van der Waals surface area contributed by atoms with Crippen LogP contribution in [-0.4, -0.2) is 32.1 Å². The summed E-state index contributed by atoms with van der Waals surface area (Å²) in [7, 11) is 0. The fourth-order valence-corrected chi connectivity index (χ4v) is 3.05. The molecule has 0 radical (unpaired) electrons. The maximum atomic E-state index is 13.4. The van der Waals surface area contributed by atoms with E-state index < -0.39 is 5.95 Å². The lowest BCUT2D eigenvalue weighted by molar-refractivity contribution is 0.440. The van der Waals surface area contributed by atoms with Crippen LogP contribution >= 0.6 is 11.6 Å². The number of imidazole rings is 1. The first kappa shape index (κ1) is 15.8. The number of rotatable bonds is 5. The summed E-state index contributed by atoms with van der Waals surface area (Å²) < 4.78 is 15.3. The van der Waals surface area contributed by atoms with Gasteiger partial charge in [-0.2, -0.15) is 4.39 Å². The molecule has 0 N–H and O–H groups in total. The van der Waals surface area contributed by atoms with Gasteiger partial charge in [-0.15, -0.1) is 0 Å². The molecule has 0 fully saturated rings. The van der Waals surface area contributed by atoms with E-state index in [1.165, 1.54) is 12.4 Å². The van der Waals surface area contributed by atoms with Gasteiger partial charge in [-0.25, -0.2) is 15.0 Å². The van der Waals surface area contributed by atoms with Crippen LogP contribution in [0.3, 0.4) is 0 Å². The second kappa shape index (κ2) is 7.00. The van der Waals surface area contributed by atoms with Gasteiger partial charge in [-0.1, -0.05) is 31.0 Å². The topological polar surface area (TPSA) is 55.4 Å². The molecule has 5 nitrogen and oxygen atoms in total. The van der Waals surface area contributed by atoms with E-state index in [4.69, 9.17) is 11.6 Å². The summed E-state index contributed by atoms with van der Waals surface area (Å²) in [5.41, 5.74) is 0.501. The Kier molecular flexibility index (Phi) is 4.81. The highest BCUT2D eigenvalue weighted by Crippen LogP contribution is 2.25. The van der Waals surface area contributed by atoms with Gasteiger partial charge in [0.15, 0.2) is 5.82 Å². The van der Waals surface area contributed by atoms with Gasteiger partial charge in [-0.05, 0) is 18.6 Å². The highest BCUT2D eigenvalue weighted by molar-refractivity contribution is 6.66. The second-order valence-electron chi connectivity index (χ2n) is 5.43. The van der Waals surface area contributed by atoms with Gasteiger partial charge >= 0.3 is 0 Å². The first-order chi connectivity index (χ1) is 11.2. The molecule has 2 aromatic heterocycles. The molecular weight excluding hydrogens is 317 g/mol. The SMILES string of the molecule is CCCC1C(Cl)=NC=NC1Cn1ccnc1-c1cccc(F)n1. The zero-order chi connectivity index (χ0) is 16.2. The third kappa shape index (κ3) is 3.47. The van der Waals surface area contributed by atoms with Crippen molar-refractivity contribution in [2.24, 2.45) is 15.9 Å². The minimum absolute atomic E-state index is 0.0125. The van der Waals surface area contributed by atoms with Crippen LogP contribution in [0.4, 0.5) is 4.39 Å². The van der Waals surface area contributed by atoms with Crippen LogP contribution in [0, 0.1) is 11.9 Å². The fraction of sp³-hybridized carbons (Fsp3) is 0.375. The van der Waals surface area contributed by atoms with E-state index in [1.54, 1.807) is 18.3 Å². The van der Waals surface area contributed by atoms with Crippen LogP contribution in [0.1, 0.15) is 19.8 Å². The van der Waals surface area contributed by atoms with Gasteiger partial charge in [0, 0.05) is 24.9 Å². The van der Waals surface area contributed by atoms with Crippen molar-refractivity contribution < 1.29 is 4.39 Å². The quantitative estimate of drug-likeness (QED) is 0.786. The van der Waals surface area contributed by atoms with Crippen LogP contribution in [0.2, 0.25) is 0 Å². The summed E-state index contributed by atoms with van der Waals surface area (Å²) in [5.74, 6) is 0.197. The number of nitrogens with zero attached hydrogens (tertiary/aromatic N) is 5. The lowest BCUT2D eigenvalue weighted by Gasteiger charge is -2.25. The summed E-state index contributed by atoms with van der Waals surface area (Å²) in [4.78, 5) is 16.8. The third-order valence-electron chi connectivity index (χ3n) is 3.85. The molecule has 0 aromatic carbocycles. The predicted octanol–water partition coefficient (Wildman–Crippen LogP) is 3.55. The Bertz CT molecular complexity index is 740. The van der Waals surface area contributed by atoms with Crippen molar-refractivity contribution in [3.05, 3.63) is 36.5 Å². The van der Waals surface area contributed by atoms with Crippen LogP contribution < -0.4 is 0 Å². The standard InChI is InChI=1S/C16H17ClFN5/c1-2-4-11-13(20-10-21-15(11)17)9-23-8-7-19-16(23)12-5-3-6-14(18)22-12/h3,5-8,10-11,13H,2,4,9H2,1H3. The summed E-state index contributed by atoms with van der Waals surface area (Å²) in [5, 5.41) is 0.595. The van der Waals surface area contributed by atoms with Gasteiger partial charge < -0.3 is 4.57 Å². The molecule has 2 aromatic rings. The van der Waals surface area contributed by atoms with Gasteiger partial charge in [0.1, 0.15) is 17.2 Å². The molecule has 7 heteroatoms. The molecule has 1 aliphatic rings. The number of aromatic nitrogens is 3. The minimum Gasteiger partial charge on any atom is -0.328 e. The molecule has 120 valence electrons. The maximum Gasteiger partial charge on any atom is 0.213 e. The average Bonchev–Trinajstić information content (AvgIpc) is 2.99. The molecule has 0 bridgehead atoms. The maximum absolute atomic E-state index is 13.4. The summed E-state index contributed by atoms with van der Waals surface area (Å²) >= 11 is 6.25. The number of pyridine rings is 1. The van der Waals surface area contributed by atoms with Crippen LogP contribution in [0.25, 0.3) is 11.5 Å². The van der Waals surface area contributed by atoms with Gasteiger partial charge in [0.2, 0.25) is 5.95 Å². The lowest BCUT2D eigenvalue weighted by Crippen LogP contribution is -2.31. The monoisotopic (exact) mass is 333 g/mol. The predicted molar refractivity (Wildman–Crippen MR) is 89.4 cm³/mol. The molecule has 0 amide bonds. The molecule has 3 rings (SSSR count). The van der Waals surface area contributed by atoms with Crippen molar-refractivity contribution in [2.45, 2.75) is 32.4 Å². The van der Waals surface area contributed by atoms with E-state index >= 15 is 0 Å². The van der Waals surface area contributed by atoms with Crippen molar-refractivity contribution in [1.29, 1.82) is 0 Å². The Morgan fingerprint density at radius 3 is 3.00 bits per heavy atom. The first-order valence-corrected chi connectivity index (χ1v) is 7.95. The molecule has 0 saturated carbocycles. The zero-order valence-corrected chi connectivity index (χ0v) is 13.5. The van der Waals surface area contributed by atoms with E-state index in [9.17, 15) is 4.39 Å². The van der Waals surface area contributed by atoms with Gasteiger partial charge in [0.25, 0.3) is 0 Å². The molecule has 1 aliphatic heterocycles. The molecule has 0 aliphatic carbocycles. The third-order valence-corrected chi connectivity index (χ3v) is 4.23. The smallest absolute Gasteiger partial charge is 0.213 e. The highest BCUT2D eigenvalue weighted by atomic mass is 35.5. The lowest BCUT2D eigenvalue weighted by atomic mass is 9.95. The van der Waals surface area contributed by atoms with Crippen molar-refractivity contribution in [2.75, 3.05) is 0 Å². The molecule has 0 spiro atoms. The number of hydrogen-bond donors (Lipinski definition) is 0. The van der Waals surface area contributed by atoms with Crippen molar-refractivity contribution in [3.63, 3.8) is 0 Å². The van der Waals surface area contributed by atoms with E-state index in [0.29, 0.717) is 23.2 Å². The number of hydrogen-bond acceptors (Lipinski definition) is 4. The molecule has 2 atom stereocenters. The Hall–Kier alpha value is -2.08. The van der Waals surface area contributed by atoms with Crippen molar-refractivity contribution in [3.8, 4) is 11.5 Å².